The van der Waals surface area contributed by atoms with E-state index in [2.05, 4.69) is 0 Å². The van der Waals surface area contributed by atoms with Crippen LogP contribution in [0.5, 0.6) is 5.75 Å². The molecule has 2 aromatic carbocycles. The number of fused-ring (bicyclic) bond motifs is 1. The van der Waals surface area contributed by atoms with Gasteiger partial charge in [-0.25, -0.2) is 0 Å². The second-order valence-corrected chi connectivity index (χ2v) is 3.90. The van der Waals surface area contributed by atoms with E-state index >= 15 is 0 Å². The van der Waals surface area contributed by atoms with Crippen molar-refractivity contribution in [3.63, 3.8) is 0 Å². The number of ether oxygens (including phenoxy) is 1. The summed E-state index contributed by atoms with van der Waals surface area (Å²) in [6.45, 7) is 0.851. The van der Waals surface area contributed by atoms with E-state index in [0.29, 0.717) is 24.3 Å². The molecule has 0 heterocycles. The highest BCUT2D eigenvalue weighted by molar-refractivity contribution is 5.95. The standard InChI is InChI=1S/C14H14N2O3/c15-9-3-4-10-19-14-8-7-13(16(17)18)11-5-1-2-6-12(11)14/h1-8H,9-10,15H2. The van der Waals surface area contributed by atoms with Crippen molar-refractivity contribution in [1.29, 1.82) is 0 Å². The van der Waals surface area contributed by atoms with Crippen LogP contribution in [-0.4, -0.2) is 18.1 Å². The van der Waals surface area contributed by atoms with E-state index in [0.717, 1.165) is 5.39 Å². The molecular formula is C14H14N2O3. The monoisotopic (exact) mass is 258 g/mol. The number of nitrogens with zero attached hydrogens (tertiary/aromatic N) is 1. The molecule has 0 amide bonds. The van der Waals surface area contributed by atoms with E-state index < -0.39 is 0 Å². The summed E-state index contributed by atoms with van der Waals surface area (Å²) in [4.78, 5) is 10.6. The highest BCUT2D eigenvalue weighted by Crippen LogP contribution is 2.32. The molecule has 0 aliphatic rings. The molecule has 5 heteroatoms. The topological polar surface area (TPSA) is 78.4 Å². The molecular weight excluding hydrogens is 244 g/mol. The molecule has 0 bridgehead atoms. The lowest BCUT2D eigenvalue weighted by Crippen LogP contribution is -1.98. The molecule has 0 spiro atoms. The van der Waals surface area contributed by atoms with Gasteiger partial charge in [-0.05, 0) is 12.1 Å². The van der Waals surface area contributed by atoms with Gasteiger partial charge in [0, 0.05) is 18.0 Å². The van der Waals surface area contributed by atoms with Gasteiger partial charge in [0.25, 0.3) is 5.69 Å². The predicted octanol–water partition coefficient (Wildman–Crippen LogP) is 2.64. The Bertz CT molecular complexity index is 623. The van der Waals surface area contributed by atoms with Gasteiger partial charge in [-0.3, -0.25) is 10.1 Å². The third kappa shape index (κ3) is 2.89. The molecule has 0 fully saturated rings. The maximum absolute atomic E-state index is 11.0. The number of hydrogen-bond donors (Lipinski definition) is 1. The Balaban J connectivity index is 2.38. The Morgan fingerprint density at radius 3 is 2.58 bits per heavy atom. The van der Waals surface area contributed by atoms with Crippen molar-refractivity contribution in [2.75, 3.05) is 13.2 Å². The third-order valence-corrected chi connectivity index (χ3v) is 2.70. The van der Waals surface area contributed by atoms with Crippen LogP contribution >= 0.6 is 0 Å². The predicted molar refractivity (Wildman–Crippen MR) is 74.3 cm³/mol. The summed E-state index contributed by atoms with van der Waals surface area (Å²) >= 11 is 0. The SMILES string of the molecule is NCC=CCOc1ccc([N+](=O)[O-])c2ccccc12. The molecule has 5 nitrogen and oxygen atoms in total. The van der Waals surface area contributed by atoms with Gasteiger partial charge in [-0.1, -0.05) is 30.4 Å². The van der Waals surface area contributed by atoms with Crippen molar-refractivity contribution in [2.45, 2.75) is 0 Å². The fourth-order valence-corrected chi connectivity index (χ4v) is 1.84. The van der Waals surface area contributed by atoms with E-state index in [-0.39, 0.29) is 10.6 Å². The van der Waals surface area contributed by atoms with Crippen molar-refractivity contribution in [3.8, 4) is 5.75 Å². The quantitative estimate of drug-likeness (QED) is 0.508. The molecule has 0 saturated heterocycles. The fourth-order valence-electron chi connectivity index (χ4n) is 1.84. The summed E-state index contributed by atoms with van der Waals surface area (Å²) in [5.74, 6) is 0.628. The summed E-state index contributed by atoms with van der Waals surface area (Å²) in [7, 11) is 0. The Morgan fingerprint density at radius 2 is 1.89 bits per heavy atom. The van der Waals surface area contributed by atoms with Crippen molar-refractivity contribution in [1.82, 2.24) is 0 Å². The zero-order chi connectivity index (χ0) is 13.7. The fraction of sp³-hybridized carbons (Fsp3) is 0.143. The molecule has 19 heavy (non-hydrogen) atoms. The van der Waals surface area contributed by atoms with Crippen LogP contribution in [0, 0.1) is 10.1 Å². The molecule has 0 radical (unpaired) electrons. The highest BCUT2D eigenvalue weighted by atomic mass is 16.6. The maximum Gasteiger partial charge on any atom is 0.277 e. The summed E-state index contributed by atoms with van der Waals surface area (Å²) in [5, 5.41) is 12.3. The van der Waals surface area contributed by atoms with Crippen LogP contribution in [0.2, 0.25) is 0 Å². The smallest absolute Gasteiger partial charge is 0.277 e. The number of benzene rings is 2. The number of nitro benzene ring substituents is 1. The summed E-state index contributed by atoms with van der Waals surface area (Å²) in [6, 6.07) is 10.2. The molecule has 2 rings (SSSR count). The molecule has 2 N–H and O–H groups in total. The zero-order valence-corrected chi connectivity index (χ0v) is 10.3. The first-order valence-electron chi connectivity index (χ1n) is 5.88. The van der Waals surface area contributed by atoms with Crippen LogP contribution in [0.25, 0.3) is 10.8 Å². The van der Waals surface area contributed by atoms with E-state index in [1.54, 1.807) is 24.3 Å². The average molecular weight is 258 g/mol. The first-order valence-corrected chi connectivity index (χ1v) is 5.88. The highest BCUT2D eigenvalue weighted by Gasteiger charge is 2.13. The molecule has 0 aliphatic carbocycles. The van der Waals surface area contributed by atoms with Gasteiger partial charge in [0.15, 0.2) is 0 Å². The Kier molecular flexibility index (Phi) is 4.10. The molecule has 0 saturated carbocycles. The number of hydrogen-bond acceptors (Lipinski definition) is 4. The normalized spacial score (nSPS) is 11.0. The first kappa shape index (κ1) is 13.0. The largest absolute Gasteiger partial charge is 0.489 e. The number of nitrogens with two attached hydrogens (primary N) is 1. The summed E-state index contributed by atoms with van der Waals surface area (Å²) in [6.07, 6.45) is 3.61. The third-order valence-electron chi connectivity index (χ3n) is 2.70. The van der Waals surface area contributed by atoms with Crippen LogP contribution in [-0.2, 0) is 0 Å². The zero-order valence-electron chi connectivity index (χ0n) is 10.3. The van der Waals surface area contributed by atoms with Crippen LogP contribution in [0.1, 0.15) is 0 Å². The van der Waals surface area contributed by atoms with E-state index in [1.807, 2.05) is 18.2 Å². The van der Waals surface area contributed by atoms with E-state index in [1.165, 1.54) is 6.07 Å². The second kappa shape index (κ2) is 5.97. The van der Waals surface area contributed by atoms with Gasteiger partial charge in [-0.15, -0.1) is 0 Å². The molecule has 2 aromatic rings. The lowest BCUT2D eigenvalue weighted by atomic mass is 10.1. The summed E-state index contributed by atoms with van der Waals surface area (Å²) in [5.41, 5.74) is 5.42. The molecule has 0 aromatic heterocycles. The molecule has 0 atom stereocenters. The van der Waals surface area contributed by atoms with Crippen LogP contribution < -0.4 is 10.5 Å². The van der Waals surface area contributed by atoms with Gasteiger partial charge >= 0.3 is 0 Å². The van der Waals surface area contributed by atoms with Gasteiger partial charge in [0.1, 0.15) is 12.4 Å². The Morgan fingerprint density at radius 1 is 1.16 bits per heavy atom. The lowest BCUT2D eigenvalue weighted by Gasteiger charge is -2.07. The second-order valence-electron chi connectivity index (χ2n) is 3.90. The summed E-state index contributed by atoms with van der Waals surface area (Å²) < 4.78 is 5.59. The van der Waals surface area contributed by atoms with E-state index in [9.17, 15) is 10.1 Å². The minimum absolute atomic E-state index is 0.0838. The van der Waals surface area contributed by atoms with Crippen molar-refractivity contribution in [2.24, 2.45) is 5.73 Å². The van der Waals surface area contributed by atoms with Crippen molar-refractivity contribution in [3.05, 3.63) is 58.7 Å². The van der Waals surface area contributed by atoms with Crippen molar-refractivity contribution < 1.29 is 9.66 Å². The van der Waals surface area contributed by atoms with Gasteiger partial charge in [-0.2, -0.15) is 0 Å². The number of non-ortho nitro benzene ring substituents is 1. The Labute approximate surface area is 110 Å². The molecule has 98 valence electrons. The van der Waals surface area contributed by atoms with E-state index in [4.69, 9.17) is 10.5 Å². The molecule has 0 aliphatic heterocycles. The minimum atomic E-state index is -0.388. The van der Waals surface area contributed by atoms with Gasteiger partial charge in [0.2, 0.25) is 0 Å². The van der Waals surface area contributed by atoms with Crippen LogP contribution in [0.15, 0.2) is 48.6 Å². The van der Waals surface area contributed by atoms with Gasteiger partial charge < -0.3 is 10.5 Å². The van der Waals surface area contributed by atoms with Crippen LogP contribution in [0.4, 0.5) is 5.69 Å². The lowest BCUT2D eigenvalue weighted by molar-refractivity contribution is -0.383. The van der Waals surface area contributed by atoms with Crippen LogP contribution in [0.3, 0.4) is 0 Å². The Hall–Kier alpha value is -2.40. The van der Waals surface area contributed by atoms with Crippen molar-refractivity contribution >= 4 is 16.5 Å². The average Bonchev–Trinajstić information content (AvgIpc) is 2.43. The first-order chi connectivity index (χ1) is 9.24. The maximum atomic E-state index is 11.0. The molecule has 0 unspecified atom stereocenters. The minimum Gasteiger partial charge on any atom is -0.489 e. The number of rotatable bonds is 5. The van der Waals surface area contributed by atoms with Gasteiger partial charge in [0.05, 0.1) is 10.3 Å². The number of nitro groups is 1.